The molecule has 1 aliphatic rings. The van der Waals surface area contributed by atoms with Crippen LogP contribution in [-0.2, 0) is 0 Å². The molecule has 0 saturated heterocycles. The lowest BCUT2D eigenvalue weighted by Crippen LogP contribution is -2.17. The van der Waals surface area contributed by atoms with Crippen LogP contribution in [0.1, 0.15) is 23.7 Å². The predicted molar refractivity (Wildman–Crippen MR) is 61.3 cm³/mol. The van der Waals surface area contributed by atoms with Crippen molar-refractivity contribution >= 4 is 5.97 Å². The molecule has 1 unspecified atom stereocenters. The number of aliphatic hydroxyl groups excluding tert-OH is 1. The molecule has 0 radical (unpaired) electrons. The van der Waals surface area contributed by atoms with Gasteiger partial charge in [0, 0.05) is 12.1 Å². The van der Waals surface area contributed by atoms with E-state index in [-0.39, 0.29) is 24.7 Å². The number of hydrogen-bond acceptors (Lipinski definition) is 5. The molecule has 2 rings (SSSR count). The molecule has 18 heavy (non-hydrogen) atoms. The van der Waals surface area contributed by atoms with Gasteiger partial charge in [-0.1, -0.05) is 6.92 Å². The number of rotatable bonds is 5. The van der Waals surface area contributed by atoms with Gasteiger partial charge in [0.2, 0.25) is 6.79 Å². The molecule has 98 valence electrons. The number of aliphatic hydroxyl groups is 1. The van der Waals surface area contributed by atoms with E-state index >= 15 is 0 Å². The fraction of sp³-hybridized carbons (Fsp3) is 0.417. The maximum atomic E-state index is 11.1. The van der Waals surface area contributed by atoms with Crippen LogP contribution in [0.3, 0.4) is 0 Å². The Morgan fingerprint density at radius 1 is 1.44 bits per heavy atom. The fourth-order valence-electron chi connectivity index (χ4n) is 1.51. The maximum absolute atomic E-state index is 11.1. The highest BCUT2D eigenvalue weighted by Gasteiger charge is 2.21. The number of carboxylic acids is 1. The summed E-state index contributed by atoms with van der Waals surface area (Å²) in [7, 11) is 0. The van der Waals surface area contributed by atoms with Crippen LogP contribution in [0, 0.1) is 0 Å². The topological polar surface area (TPSA) is 85.2 Å². The van der Waals surface area contributed by atoms with Gasteiger partial charge in [-0.15, -0.1) is 0 Å². The quantitative estimate of drug-likeness (QED) is 0.822. The van der Waals surface area contributed by atoms with Gasteiger partial charge in [-0.3, -0.25) is 0 Å². The molecule has 0 aromatic heterocycles. The Hall–Kier alpha value is -1.95. The first-order valence-corrected chi connectivity index (χ1v) is 5.59. The van der Waals surface area contributed by atoms with E-state index in [9.17, 15) is 9.90 Å². The number of benzene rings is 1. The highest BCUT2D eigenvalue weighted by atomic mass is 16.7. The maximum Gasteiger partial charge on any atom is 0.339 e. The molecule has 1 aromatic rings. The summed E-state index contributed by atoms with van der Waals surface area (Å²) in [6.45, 7) is 1.91. The van der Waals surface area contributed by atoms with Gasteiger partial charge in [0.05, 0.1) is 6.10 Å². The molecule has 0 aliphatic carbocycles. The smallest absolute Gasteiger partial charge is 0.339 e. The molecule has 0 bridgehead atoms. The van der Waals surface area contributed by atoms with E-state index in [1.807, 2.05) is 6.92 Å². The van der Waals surface area contributed by atoms with Crippen molar-refractivity contribution in [2.45, 2.75) is 19.4 Å². The van der Waals surface area contributed by atoms with Crippen molar-refractivity contribution in [3.05, 3.63) is 17.7 Å². The van der Waals surface area contributed by atoms with E-state index in [1.54, 1.807) is 0 Å². The summed E-state index contributed by atoms with van der Waals surface area (Å²) in [5.74, 6) is -0.120. The summed E-state index contributed by atoms with van der Waals surface area (Å²) in [6, 6.07) is 2.83. The molecule has 6 nitrogen and oxygen atoms in total. The minimum atomic E-state index is -1.12. The lowest BCUT2D eigenvalue weighted by Gasteiger charge is -2.12. The lowest BCUT2D eigenvalue weighted by atomic mass is 10.1. The summed E-state index contributed by atoms with van der Waals surface area (Å²) in [4.78, 5) is 11.1. The molecule has 0 fully saturated rings. The van der Waals surface area contributed by atoms with Crippen LogP contribution in [0.4, 0.5) is 0 Å². The zero-order chi connectivity index (χ0) is 13.1. The van der Waals surface area contributed by atoms with Crippen molar-refractivity contribution in [1.82, 2.24) is 0 Å². The van der Waals surface area contributed by atoms with Gasteiger partial charge < -0.3 is 24.4 Å². The number of aromatic carboxylic acids is 1. The zero-order valence-electron chi connectivity index (χ0n) is 9.88. The Balaban J connectivity index is 2.24. The van der Waals surface area contributed by atoms with Crippen LogP contribution in [0.2, 0.25) is 0 Å². The number of hydrogen-bond donors (Lipinski definition) is 2. The van der Waals surface area contributed by atoms with E-state index in [0.29, 0.717) is 17.9 Å². The Morgan fingerprint density at radius 2 is 2.11 bits per heavy atom. The standard InChI is InChI=1S/C12H14O6/c1-2-7(13)5-16-9-4-11-10(17-6-18-11)3-8(9)12(14)15/h3-4,7,13H,2,5-6H2,1H3,(H,14,15). The molecule has 0 amide bonds. The van der Waals surface area contributed by atoms with Crippen molar-refractivity contribution in [3.63, 3.8) is 0 Å². The van der Waals surface area contributed by atoms with Gasteiger partial charge in [-0.05, 0) is 6.42 Å². The summed E-state index contributed by atoms with van der Waals surface area (Å²) >= 11 is 0. The number of carbonyl (C=O) groups is 1. The minimum Gasteiger partial charge on any atom is -0.490 e. The normalized spacial score (nSPS) is 14.3. The van der Waals surface area contributed by atoms with E-state index in [4.69, 9.17) is 19.3 Å². The van der Waals surface area contributed by atoms with Crippen molar-refractivity contribution in [3.8, 4) is 17.2 Å². The fourth-order valence-corrected chi connectivity index (χ4v) is 1.51. The second-order valence-electron chi connectivity index (χ2n) is 3.88. The Labute approximate surface area is 104 Å². The number of fused-ring (bicyclic) bond motifs is 1. The van der Waals surface area contributed by atoms with Crippen molar-refractivity contribution < 1.29 is 29.2 Å². The third-order valence-corrected chi connectivity index (χ3v) is 2.61. The van der Waals surface area contributed by atoms with Gasteiger partial charge in [0.25, 0.3) is 0 Å². The molecule has 6 heteroatoms. The largest absolute Gasteiger partial charge is 0.490 e. The van der Waals surface area contributed by atoms with Crippen LogP contribution in [-0.4, -0.2) is 35.7 Å². The average molecular weight is 254 g/mol. The summed E-state index contributed by atoms with van der Waals surface area (Å²) in [6.07, 6.45) is -0.0930. The average Bonchev–Trinajstić information content (AvgIpc) is 2.81. The molecule has 1 aliphatic heterocycles. The van der Waals surface area contributed by atoms with Crippen LogP contribution in [0.15, 0.2) is 12.1 Å². The highest BCUT2D eigenvalue weighted by Crippen LogP contribution is 2.38. The molecular formula is C12H14O6. The molecule has 1 heterocycles. The lowest BCUT2D eigenvalue weighted by molar-refractivity contribution is 0.0681. The van der Waals surface area contributed by atoms with E-state index in [1.165, 1.54) is 12.1 Å². The van der Waals surface area contributed by atoms with E-state index < -0.39 is 12.1 Å². The van der Waals surface area contributed by atoms with E-state index in [0.717, 1.165) is 0 Å². The summed E-state index contributed by atoms with van der Waals surface area (Å²) < 4.78 is 15.6. The van der Waals surface area contributed by atoms with Crippen molar-refractivity contribution in [2.24, 2.45) is 0 Å². The van der Waals surface area contributed by atoms with E-state index in [2.05, 4.69) is 0 Å². The first kappa shape index (κ1) is 12.5. The minimum absolute atomic E-state index is 0.0115. The number of carboxylic acid groups (broad SMARTS) is 1. The Morgan fingerprint density at radius 3 is 2.72 bits per heavy atom. The van der Waals surface area contributed by atoms with Gasteiger partial charge in [0.15, 0.2) is 11.5 Å². The van der Waals surface area contributed by atoms with Gasteiger partial charge in [-0.2, -0.15) is 0 Å². The monoisotopic (exact) mass is 254 g/mol. The van der Waals surface area contributed by atoms with Gasteiger partial charge >= 0.3 is 5.97 Å². The van der Waals surface area contributed by atoms with Gasteiger partial charge in [0.1, 0.15) is 17.9 Å². The molecule has 2 N–H and O–H groups in total. The summed E-state index contributed by atoms with van der Waals surface area (Å²) in [5.41, 5.74) is -0.0115. The van der Waals surface area contributed by atoms with Crippen LogP contribution >= 0.6 is 0 Å². The highest BCUT2D eigenvalue weighted by molar-refractivity contribution is 5.92. The zero-order valence-corrected chi connectivity index (χ0v) is 9.88. The SMILES string of the molecule is CCC(O)COc1cc2c(cc1C(=O)O)OCO2. The van der Waals surface area contributed by atoms with Crippen LogP contribution in [0.5, 0.6) is 17.2 Å². The first-order valence-electron chi connectivity index (χ1n) is 5.59. The van der Waals surface area contributed by atoms with Crippen molar-refractivity contribution in [2.75, 3.05) is 13.4 Å². The third kappa shape index (κ3) is 2.48. The first-order chi connectivity index (χ1) is 8.61. The third-order valence-electron chi connectivity index (χ3n) is 2.61. The predicted octanol–water partition coefficient (Wildman–Crippen LogP) is 1.26. The van der Waals surface area contributed by atoms with Gasteiger partial charge in [-0.25, -0.2) is 4.79 Å². The molecule has 0 spiro atoms. The second-order valence-corrected chi connectivity index (χ2v) is 3.88. The number of ether oxygens (including phenoxy) is 3. The van der Waals surface area contributed by atoms with Crippen LogP contribution in [0.25, 0.3) is 0 Å². The Bertz CT molecular complexity index is 456. The molecule has 1 atom stereocenters. The Kier molecular flexibility index (Phi) is 3.57. The van der Waals surface area contributed by atoms with Crippen molar-refractivity contribution in [1.29, 1.82) is 0 Å². The molecule has 1 aromatic carbocycles. The molecular weight excluding hydrogens is 240 g/mol. The summed E-state index contributed by atoms with van der Waals surface area (Å²) in [5, 5.41) is 18.5. The van der Waals surface area contributed by atoms with Crippen LogP contribution < -0.4 is 14.2 Å². The second kappa shape index (κ2) is 5.14. The molecule has 0 saturated carbocycles.